The van der Waals surface area contributed by atoms with Crippen LogP contribution in [0.5, 0.6) is 0 Å². The number of rotatable bonds is 6. The standard InChI is InChI=1S/C23H29N5O2/c29-22(9-8-21-16-24-28(18-21)17-20-6-2-1-3-7-20)27-14-12-25(13-15-27)19-23(30)26-10-4-5-11-26/h1-3,6-9,16,18H,4-5,10-15,17,19H2/b9-8+. The van der Waals surface area contributed by atoms with Gasteiger partial charge in [0.1, 0.15) is 0 Å². The van der Waals surface area contributed by atoms with Crippen LogP contribution in [-0.2, 0) is 16.1 Å². The van der Waals surface area contributed by atoms with Crippen LogP contribution in [-0.4, -0.2) is 82.1 Å². The topological polar surface area (TPSA) is 61.7 Å². The zero-order valence-electron chi connectivity index (χ0n) is 17.3. The van der Waals surface area contributed by atoms with E-state index in [4.69, 9.17) is 0 Å². The smallest absolute Gasteiger partial charge is 0.246 e. The first-order valence-electron chi connectivity index (χ1n) is 10.7. The Hall–Kier alpha value is -2.93. The molecule has 0 spiro atoms. The van der Waals surface area contributed by atoms with E-state index in [9.17, 15) is 9.59 Å². The lowest BCUT2D eigenvalue weighted by atomic mass is 10.2. The number of benzene rings is 1. The third-order valence-electron chi connectivity index (χ3n) is 5.76. The Labute approximate surface area is 177 Å². The molecule has 0 aliphatic carbocycles. The summed E-state index contributed by atoms with van der Waals surface area (Å²) in [5.41, 5.74) is 2.10. The van der Waals surface area contributed by atoms with Crippen LogP contribution in [0.15, 0.2) is 48.8 Å². The average Bonchev–Trinajstić information content (AvgIpc) is 3.46. The molecule has 0 saturated carbocycles. The number of nitrogens with zero attached hydrogens (tertiary/aromatic N) is 5. The molecule has 0 atom stereocenters. The Bertz CT molecular complexity index is 878. The highest BCUT2D eigenvalue weighted by molar-refractivity contribution is 5.91. The maximum Gasteiger partial charge on any atom is 0.246 e. The van der Waals surface area contributed by atoms with Gasteiger partial charge in [0, 0.05) is 57.1 Å². The molecule has 3 heterocycles. The number of carbonyl (C=O) groups is 2. The van der Waals surface area contributed by atoms with Crippen molar-refractivity contribution in [3.63, 3.8) is 0 Å². The SMILES string of the molecule is O=C(/C=C/c1cnn(Cc2ccccc2)c1)N1CCN(CC(=O)N2CCCC2)CC1. The van der Waals surface area contributed by atoms with Crippen molar-refractivity contribution in [1.29, 1.82) is 0 Å². The molecule has 0 unspecified atom stereocenters. The molecule has 2 fully saturated rings. The molecule has 4 rings (SSSR count). The largest absolute Gasteiger partial charge is 0.342 e. The van der Waals surface area contributed by atoms with Gasteiger partial charge in [0.05, 0.1) is 19.3 Å². The van der Waals surface area contributed by atoms with Gasteiger partial charge in [-0.05, 0) is 24.5 Å². The van der Waals surface area contributed by atoms with Crippen molar-refractivity contribution in [2.24, 2.45) is 0 Å². The van der Waals surface area contributed by atoms with Gasteiger partial charge in [-0.2, -0.15) is 5.10 Å². The normalized spacial score (nSPS) is 17.7. The molecular weight excluding hydrogens is 378 g/mol. The van der Waals surface area contributed by atoms with E-state index in [0.717, 1.165) is 44.6 Å². The van der Waals surface area contributed by atoms with Crippen molar-refractivity contribution in [1.82, 2.24) is 24.5 Å². The molecule has 1 aromatic carbocycles. The van der Waals surface area contributed by atoms with Crippen molar-refractivity contribution < 1.29 is 9.59 Å². The maximum atomic E-state index is 12.5. The Morgan fingerprint density at radius 1 is 0.933 bits per heavy atom. The van der Waals surface area contributed by atoms with Gasteiger partial charge < -0.3 is 9.80 Å². The predicted octanol–water partition coefficient (Wildman–Crippen LogP) is 1.71. The fraction of sp³-hybridized carbons (Fsp3) is 0.435. The molecule has 2 saturated heterocycles. The molecule has 2 aliphatic heterocycles. The minimum atomic E-state index is 0.0105. The van der Waals surface area contributed by atoms with E-state index < -0.39 is 0 Å². The van der Waals surface area contributed by atoms with Gasteiger partial charge in [-0.15, -0.1) is 0 Å². The molecule has 30 heavy (non-hydrogen) atoms. The lowest BCUT2D eigenvalue weighted by molar-refractivity contribution is -0.132. The van der Waals surface area contributed by atoms with Gasteiger partial charge in [0.25, 0.3) is 0 Å². The highest BCUT2D eigenvalue weighted by atomic mass is 16.2. The first-order chi connectivity index (χ1) is 14.7. The lowest BCUT2D eigenvalue weighted by Crippen LogP contribution is -2.51. The summed E-state index contributed by atoms with van der Waals surface area (Å²) < 4.78 is 1.87. The first-order valence-corrected chi connectivity index (χ1v) is 10.7. The highest BCUT2D eigenvalue weighted by Crippen LogP contribution is 2.10. The van der Waals surface area contributed by atoms with E-state index in [2.05, 4.69) is 22.1 Å². The predicted molar refractivity (Wildman–Crippen MR) is 116 cm³/mol. The first kappa shape index (κ1) is 20.3. The summed E-state index contributed by atoms with van der Waals surface area (Å²) in [6.07, 6.45) is 9.39. The highest BCUT2D eigenvalue weighted by Gasteiger charge is 2.24. The van der Waals surface area contributed by atoms with Crippen LogP contribution in [0.1, 0.15) is 24.0 Å². The zero-order valence-corrected chi connectivity index (χ0v) is 17.3. The summed E-state index contributed by atoms with van der Waals surface area (Å²) in [4.78, 5) is 30.8. The Morgan fingerprint density at radius 3 is 2.40 bits per heavy atom. The van der Waals surface area contributed by atoms with Crippen LogP contribution in [0.3, 0.4) is 0 Å². The number of likely N-dealkylation sites (tertiary alicyclic amines) is 1. The van der Waals surface area contributed by atoms with Crippen LogP contribution < -0.4 is 0 Å². The maximum absolute atomic E-state index is 12.5. The summed E-state index contributed by atoms with van der Waals surface area (Å²) in [7, 11) is 0. The Kier molecular flexibility index (Phi) is 6.59. The third kappa shape index (κ3) is 5.36. The number of carbonyl (C=O) groups excluding carboxylic acids is 2. The molecule has 2 aliphatic rings. The molecule has 2 amide bonds. The van der Waals surface area contributed by atoms with E-state index in [1.54, 1.807) is 12.3 Å². The lowest BCUT2D eigenvalue weighted by Gasteiger charge is -2.34. The number of hydrogen-bond acceptors (Lipinski definition) is 4. The van der Waals surface area contributed by atoms with Gasteiger partial charge in [-0.1, -0.05) is 30.3 Å². The van der Waals surface area contributed by atoms with Gasteiger partial charge in [-0.3, -0.25) is 19.2 Å². The Balaban J connectivity index is 1.23. The van der Waals surface area contributed by atoms with Gasteiger partial charge in [0.2, 0.25) is 11.8 Å². The van der Waals surface area contributed by atoms with Crippen molar-refractivity contribution in [3.05, 3.63) is 59.9 Å². The van der Waals surface area contributed by atoms with Gasteiger partial charge >= 0.3 is 0 Å². The summed E-state index contributed by atoms with van der Waals surface area (Å²) in [5, 5.41) is 4.37. The second kappa shape index (κ2) is 9.71. The number of piperazine rings is 1. The number of amides is 2. The average molecular weight is 408 g/mol. The summed E-state index contributed by atoms with van der Waals surface area (Å²) in [6.45, 7) is 5.77. The Morgan fingerprint density at radius 2 is 1.67 bits per heavy atom. The van der Waals surface area contributed by atoms with E-state index in [1.807, 2.05) is 45.0 Å². The van der Waals surface area contributed by atoms with E-state index in [0.29, 0.717) is 26.2 Å². The summed E-state index contributed by atoms with van der Waals surface area (Å²) in [6, 6.07) is 10.2. The van der Waals surface area contributed by atoms with E-state index in [1.165, 1.54) is 5.56 Å². The van der Waals surface area contributed by atoms with Crippen molar-refractivity contribution >= 4 is 17.9 Å². The van der Waals surface area contributed by atoms with Crippen LogP contribution in [0, 0.1) is 0 Å². The quantitative estimate of drug-likeness (QED) is 0.684. The van der Waals surface area contributed by atoms with Crippen LogP contribution in [0.2, 0.25) is 0 Å². The number of hydrogen-bond donors (Lipinski definition) is 0. The molecule has 0 bridgehead atoms. The molecule has 7 nitrogen and oxygen atoms in total. The summed E-state index contributed by atoms with van der Waals surface area (Å²) >= 11 is 0. The monoisotopic (exact) mass is 407 g/mol. The molecule has 1 aromatic heterocycles. The molecule has 7 heteroatoms. The number of aromatic nitrogens is 2. The van der Waals surface area contributed by atoms with E-state index in [-0.39, 0.29) is 11.8 Å². The minimum Gasteiger partial charge on any atom is -0.342 e. The van der Waals surface area contributed by atoms with Crippen LogP contribution >= 0.6 is 0 Å². The molecule has 158 valence electrons. The summed E-state index contributed by atoms with van der Waals surface area (Å²) in [5.74, 6) is 0.232. The van der Waals surface area contributed by atoms with Gasteiger partial charge in [0.15, 0.2) is 0 Å². The molecule has 0 N–H and O–H groups in total. The zero-order chi connectivity index (χ0) is 20.8. The molecule has 2 aromatic rings. The van der Waals surface area contributed by atoms with Crippen LogP contribution in [0.4, 0.5) is 0 Å². The second-order valence-electron chi connectivity index (χ2n) is 7.98. The molecule has 0 radical (unpaired) electrons. The minimum absolute atomic E-state index is 0.0105. The van der Waals surface area contributed by atoms with Gasteiger partial charge in [-0.25, -0.2) is 0 Å². The van der Waals surface area contributed by atoms with E-state index >= 15 is 0 Å². The molecular formula is C23H29N5O2. The second-order valence-corrected chi connectivity index (χ2v) is 7.98. The van der Waals surface area contributed by atoms with Crippen molar-refractivity contribution in [3.8, 4) is 0 Å². The third-order valence-corrected chi connectivity index (χ3v) is 5.76. The van der Waals surface area contributed by atoms with Crippen molar-refractivity contribution in [2.75, 3.05) is 45.8 Å². The van der Waals surface area contributed by atoms with Crippen LogP contribution in [0.25, 0.3) is 6.08 Å². The van der Waals surface area contributed by atoms with Crippen molar-refractivity contribution in [2.45, 2.75) is 19.4 Å². The fourth-order valence-electron chi connectivity index (χ4n) is 3.98. The fourth-order valence-corrected chi connectivity index (χ4v) is 3.98.